The summed E-state index contributed by atoms with van der Waals surface area (Å²) in [5.41, 5.74) is 23.1. The first-order valence-electron chi connectivity index (χ1n) is 7.74. The fraction of sp³-hybridized carbons (Fsp3) is 0. The van der Waals surface area contributed by atoms with Crippen LogP contribution in [-0.2, 0) is 0 Å². The summed E-state index contributed by atoms with van der Waals surface area (Å²) >= 11 is 0. The highest BCUT2D eigenvalue weighted by Crippen LogP contribution is 2.29. The van der Waals surface area contributed by atoms with Crippen LogP contribution >= 0.6 is 24.8 Å². The van der Waals surface area contributed by atoms with Crippen LogP contribution in [0.5, 0.6) is 0 Å². The second-order valence-electron chi connectivity index (χ2n) is 5.83. The molecule has 0 aliphatic heterocycles. The lowest BCUT2D eigenvalue weighted by molar-refractivity contribution is 1.42. The second kappa shape index (κ2) is 9.07. The molecular formula is C20H21Cl2N5. The van der Waals surface area contributed by atoms with Crippen molar-refractivity contribution < 1.29 is 0 Å². The van der Waals surface area contributed by atoms with E-state index in [0.29, 0.717) is 16.8 Å². The molecule has 0 amide bonds. The Morgan fingerprint density at radius 2 is 0.889 bits per heavy atom. The number of amidine groups is 2. The van der Waals surface area contributed by atoms with Crippen LogP contribution in [0.1, 0.15) is 11.1 Å². The number of benzene rings is 3. The minimum atomic E-state index is 0. The smallest absolute Gasteiger partial charge is 0.122 e. The van der Waals surface area contributed by atoms with Gasteiger partial charge in [-0.2, -0.15) is 0 Å². The van der Waals surface area contributed by atoms with Crippen LogP contribution in [0.3, 0.4) is 0 Å². The van der Waals surface area contributed by atoms with Crippen LogP contribution in [0.2, 0.25) is 0 Å². The van der Waals surface area contributed by atoms with Gasteiger partial charge in [0.05, 0.1) is 0 Å². The number of halogens is 2. The van der Waals surface area contributed by atoms with Crippen molar-refractivity contribution in [2.24, 2.45) is 11.5 Å². The fourth-order valence-electron chi connectivity index (χ4n) is 2.67. The molecule has 3 rings (SSSR count). The molecule has 8 N–H and O–H groups in total. The molecule has 0 saturated heterocycles. The van der Waals surface area contributed by atoms with E-state index in [9.17, 15) is 0 Å². The van der Waals surface area contributed by atoms with Crippen LogP contribution in [0.15, 0.2) is 66.7 Å². The summed E-state index contributed by atoms with van der Waals surface area (Å²) in [7, 11) is 0. The standard InChI is InChI=1S/C20H19N5.2ClH/c21-18-10-16(12-1-5-14(6-2-12)19(22)23)9-17(11-18)13-3-7-15(8-4-13)20(24)25;;/h1-11H,21H2,(H3,22,23)(H3,24,25);2*1H. The number of anilines is 1. The van der Waals surface area contributed by atoms with Crippen molar-refractivity contribution >= 4 is 42.2 Å². The number of nitrogens with one attached hydrogen (secondary N) is 2. The molecular weight excluding hydrogens is 381 g/mol. The van der Waals surface area contributed by atoms with Crippen molar-refractivity contribution in [1.29, 1.82) is 10.8 Å². The molecule has 0 aliphatic rings. The molecule has 0 unspecified atom stereocenters. The third-order valence-corrected chi connectivity index (χ3v) is 4.01. The molecule has 0 saturated carbocycles. The molecule has 3 aromatic rings. The van der Waals surface area contributed by atoms with Gasteiger partial charge in [0.25, 0.3) is 0 Å². The third-order valence-electron chi connectivity index (χ3n) is 4.01. The first-order valence-corrected chi connectivity index (χ1v) is 7.74. The van der Waals surface area contributed by atoms with Crippen molar-refractivity contribution in [1.82, 2.24) is 0 Å². The highest BCUT2D eigenvalue weighted by Gasteiger charge is 2.06. The Bertz CT molecular complexity index is 875. The lowest BCUT2D eigenvalue weighted by Crippen LogP contribution is -2.10. The average molecular weight is 402 g/mol. The van der Waals surface area contributed by atoms with E-state index in [1.165, 1.54) is 0 Å². The van der Waals surface area contributed by atoms with Gasteiger partial charge in [-0.1, -0.05) is 48.5 Å². The van der Waals surface area contributed by atoms with E-state index in [1.54, 1.807) is 0 Å². The molecule has 3 aromatic carbocycles. The number of nitrogens with two attached hydrogens (primary N) is 3. The molecule has 7 heteroatoms. The number of nitrogen functional groups attached to an aromatic ring is 3. The van der Waals surface area contributed by atoms with Crippen LogP contribution in [-0.4, -0.2) is 11.7 Å². The quantitative estimate of drug-likeness (QED) is 0.257. The SMILES string of the molecule is Cl.Cl.N=C(N)c1ccc(-c2cc(N)cc(-c3ccc(C(=N)N)cc3)c2)cc1. The molecule has 0 atom stereocenters. The number of rotatable bonds is 4. The first kappa shape index (κ1) is 22.0. The normalized spacial score (nSPS) is 9.63. The van der Waals surface area contributed by atoms with Crippen molar-refractivity contribution in [3.8, 4) is 22.3 Å². The van der Waals surface area contributed by atoms with Gasteiger partial charge in [-0.25, -0.2) is 0 Å². The molecule has 0 bridgehead atoms. The Morgan fingerprint density at radius 1 is 0.556 bits per heavy atom. The van der Waals surface area contributed by atoms with E-state index in [0.717, 1.165) is 22.3 Å². The molecule has 0 heterocycles. The van der Waals surface area contributed by atoms with Gasteiger partial charge in [0.1, 0.15) is 11.7 Å². The minimum Gasteiger partial charge on any atom is -0.399 e. The van der Waals surface area contributed by atoms with Gasteiger partial charge in [0.2, 0.25) is 0 Å². The Hall–Kier alpha value is -3.02. The van der Waals surface area contributed by atoms with Crippen molar-refractivity contribution in [2.45, 2.75) is 0 Å². The van der Waals surface area contributed by atoms with Crippen LogP contribution in [0.25, 0.3) is 22.3 Å². The zero-order chi connectivity index (χ0) is 18.0. The number of hydrogen-bond acceptors (Lipinski definition) is 3. The van der Waals surface area contributed by atoms with Crippen molar-refractivity contribution in [2.75, 3.05) is 5.73 Å². The Balaban J connectivity index is 0.00000182. The largest absolute Gasteiger partial charge is 0.399 e. The molecule has 0 fully saturated rings. The van der Waals surface area contributed by atoms with Gasteiger partial charge in [0.15, 0.2) is 0 Å². The van der Waals surface area contributed by atoms with Crippen LogP contribution < -0.4 is 17.2 Å². The second-order valence-corrected chi connectivity index (χ2v) is 5.83. The summed E-state index contributed by atoms with van der Waals surface area (Å²) in [5.74, 6) is 0.0933. The summed E-state index contributed by atoms with van der Waals surface area (Å²) in [6.07, 6.45) is 0. The minimum absolute atomic E-state index is 0. The maximum absolute atomic E-state index is 7.47. The van der Waals surface area contributed by atoms with Gasteiger partial charge in [-0.15, -0.1) is 24.8 Å². The summed E-state index contributed by atoms with van der Waals surface area (Å²) in [4.78, 5) is 0. The molecule has 27 heavy (non-hydrogen) atoms. The topological polar surface area (TPSA) is 126 Å². The Kier molecular flexibility index (Phi) is 7.40. The van der Waals surface area contributed by atoms with Gasteiger partial charge >= 0.3 is 0 Å². The van der Waals surface area contributed by atoms with E-state index in [2.05, 4.69) is 6.07 Å². The fourth-order valence-corrected chi connectivity index (χ4v) is 2.67. The molecule has 0 radical (unpaired) electrons. The monoisotopic (exact) mass is 401 g/mol. The lowest BCUT2D eigenvalue weighted by Gasteiger charge is -2.10. The maximum Gasteiger partial charge on any atom is 0.122 e. The lowest BCUT2D eigenvalue weighted by atomic mass is 9.97. The first-order chi connectivity index (χ1) is 11.9. The van der Waals surface area contributed by atoms with Crippen molar-refractivity contribution in [3.63, 3.8) is 0 Å². The van der Waals surface area contributed by atoms with E-state index in [-0.39, 0.29) is 36.5 Å². The van der Waals surface area contributed by atoms with E-state index in [1.807, 2.05) is 60.7 Å². The Morgan fingerprint density at radius 3 is 1.19 bits per heavy atom. The van der Waals surface area contributed by atoms with Crippen molar-refractivity contribution in [3.05, 3.63) is 77.9 Å². The zero-order valence-electron chi connectivity index (χ0n) is 14.4. The van der Waals surface area contributed by atoms with Gasteiger partial charge in [0, 0.05) is 16.8 Å². The highest BCUT2D eigenvalue weighted by atomic mass is 35.5. The third kappa shape index (κ3) is 5.00. The van der Waals surface area contributed by atoms with Gasteiger partial charge < -0.3 is 17.2 Å². The van der Waals surface area contributed by atoms with Gasteiger partial charge in [-0.05, 0) is 40.5 Å². The number of hydrogen-bond donors (Lipinski definition) is 5. The zero-order valence-corrected chi connectivity index (χ0v) is 16.0. The average Bonchev–Trinajstić information content (AvgIpc) is 2.61. The van der Waals surface area contributed by atoms with E-state index >= 15 is 0 Å². The summed E-state index contributed by atoms with van der Waals surface area (Å²) in [6, 6.07) is 20.9. The molecule has 0 aliphatic carbocycles. The maximum atomic E-state index is 7.47. The van der Waals surface area contributed by atoms with E-state index < -0.39 is 0 Å². The van der Waals surface area contributed by atoms with Crippen LogP contribution in [0, 0.1) is 10.8 Å². The predicted octanol–water partition coefficient (Wildman–Crippen LogP) is 4.01. The summed E-state index contributed by atoms with van der Waals surface area (Å²) < 4.78 is 0. The van der Waals surface area contributed by atoms with E-state index in [4.69, 9.17) is 28.0 Å². The summed E-state index contributed by atoms with van der Waals surface area (Å²) in [6.45, 7) is 0. The molecule has 140 valence electrons. The van der Waals surface area contributed by atoms with Gasteiger partial charge in [-0.3, -0.25) is 10.8 Å². The van der Waals surface area contributed by atoms with Crippen LogP contribution in [0.4, 0.5) is 5.69 Å². The highest BCUT2D eigenvalue weighted by molar-refractivity contribution is 5.96. The summed E-state index contributed by atoms with van der Waals surface area (Å²) in [5, 5.41) is 14.9. The predicted molar refractivity (Wildman–Crippen MR) is 118 cm³/mol. The molecule has 0 spiro atoms. The Labute approximate surface area is 170 Å². The molecule has 0 aromatic heterocycles. The molecule has 5 nitrogen and oxygen atoms in total.